The summed E-state index contributed by atoms with van der Waals surface area (Å²) in [6, 6.07) is 14.6. The number of nitrogens with zero attached hydrogens (tertiary/aromatic N) is 1. The highest BCUT2D eigenvalue weighted by Gasteiger charge is 2.23. The maximum Gasteiger partial charge on any atom is 0.253 e. The number of ether oxygens (including phenoxy) is 2. The van der Waals surface area contributed by atoms with Crippen molar-refractivity contribution in [2.24, 2.45) is 0 Å². The Hall–Kier alpha value is -3.28. The van der Waals surface area contributed by atoms with E-state index >= 15 is 0 Å². The minimum atomic E-state index is -0.267. The summed E-state index contributed by atoms with van der Waals surface area (Å²) in [6.45, 7) is 2.42. The van der Waals surface area contributed by atoms with Crippen LogP contribution in [0.15, 0.2) is 54.1 Å². The van der Waals surface area contributed by atoms with Gasteiger partial charge >= 0.3 is 0 Å². The Morgan fingerprint density at radius 1 is 1.19 bits per heavy atom. The van der Waals surface area contributed by atoms with Crippen LogP contribution >= 0.6 is 0 Å². The van der Waals surface area contributed by atoms with E-state index in [1.54, 1.807) is 31.4 Å². The maximum atomic E-state index is 12.8. The van der Waals surface area contributed by atoms with Crippen LogP contribution in [0.4, 0.5) is 5.69 Å². The number of nitrogens with one attached hydrogen (secondary N) is 1. The average molecular weight is 366 g/mol. The van der Waals surface area contributed by atoms with E-state index in [0.717, 1.165) is 11.3 Å². The molecule has 0 saturated heterocycles. The van der Waals surface area contributed by atoms with E-state index in [9.17, 15) is 9.59 Å². The van der Waals surface area contributed by atoms with Gasteiger partial charge in [-0.25, -0.2) is 0 Å². The Morgan fingerprint density at radius 3 is 2.78 bits per heavy atom. The van der Waals surface area contributed by atoms with E-state index in [4.69, 9.17) is 9.47 Å². The summed E-state index contributed by atoms with van der Waals surface area (Å²) in [6.07, 6.45) is 1.82. The number of carbonyl (C=O) groups excluding carboxylic acids is 2. The van der Waals surface area contributed by atoms with Gasteiger partial charge in [-0.3, -0.25) is 9.59 Å². The number of hydrogen-bond donors (Lipinski definition) is 1. The van der Waals surface area contributed by atoms with Gasteiger partial charge in [0.1, 0.15) is 24.7 Å². The van der Waals surface area contributed by atoms with E-state index in [1.165, 1.54) is 4.90 Å². The van der Waals surface area contributed by atoms with Crippen LogP contribution in [0, 0.1) is 0 Å². The lowest BCUT2D eigenvalue weighted by molar-refractivity contribution is -0.131. The van der Waals surface area contributed by atoms with E-state index in [-0.39, 0.29) is 25.0 Å². The van der Waals surface area contributed by atoms with E-state index in [2.05, 4.69) is 5.32 Å². The summed E-state index contributed by atoms with van der Waals surface area (Å²) in [5, 5.41) is 2.79. The average Bonchev–Trinajstić information content (AvgIpc) is 2.71. The van der Waals surface area contributed by atoms with E-state index < -0.39 is 0 Å². The molecule has 0 radical (unpaired) electrons. The van der Waals surface area contributed by atoms with Crippen molar-refractivity contribution in [1.29, 1.82) is 0 Å². The van der Waals surface area contributed by atoms with Crippen molar-refractivity contribution in [3.8, 4) is 11.5 Å². The van der Waals surface area contributed by atoms with Crippen LogP contribution in [0.5, 0.6) is 11.5 Å². The number of methoxy groups -OCH3 is 1. The second-order valence-electron chi connectivity index (χ2n) is 6.10. The van der Waals surface area contributed by atoms with Gasteiger partial charge in [-0.15, -0.1) is 0 Å². The molecule has 0 aromatic heterocycles. The number of carbonyl (C=O) groups is 2. The first-order valence-corrected chi connectivity index (χ1v) is 8.76. The van der Waals surface area contributed by atoms with Crippen molar-refractivity contribution in [1.82, 2.24) is 4.90 Å². The summed E-state index contributed by atoms with van der Waals surface area (Å²) in [5.74, 6) is 0.941. The molecule has 0 spiro atoms. The van der Waals surface area contributed by atoms with Gasteiger partial charge in [-0.05, 0) is 31.2 Å². The van der Waals surface area contributed by atoms with E-state index in [0.29, 0.717) is 23.6 Å². The smallest absolute Gasteiger partial charge is 0.253 e. The van der Waals surface area contributed by atoms with Crippen molar-refractivity contribution in [2.75, 3.05) is 32.1 Å². The Kier molecular flexibility index (Phi) is 5.76. The summed E-state index contributed by atoms with van der Waals surface area (Å²) in [5.41, 5.74) is 2.02. The zero-order chi connectivity index (χ0) is 19.2. The zero-order valence-corrected chi connectivity index (χ0v) is 15.4. The van der Waals surface area contributed by atoms with Crippen molar-refractivity contribution in [2.45, 2.75) is 6.92 Å². The second kappa shape index (κ2) is 8.40. The number of likely N-dealkylation sites (N-methyl/N-ethyl adjacent to an activating group) is 1. The Bertz CT molecular complexity index is 876. The molecule has 27 heavy (non-hydrogen) atoms. The standard InChI is InChI=1S/C21H22N2O4/c1-3-23(13-20(24)22-17-8-6-9-18(12-17)26-2)21(25)16-11-15-7-4-5-10-19(15)27-14-16/h4-12H,3,13-14H2,1-2H3,(H,22,24). The molecule has 2 aromatic carbocycles. The molecule has 0 atom stereocenters. The van der Waals surface area contributed by atoms with Crippen LogP contribution in [0.1, 0.15) is 12.5 Å². The highest BCUT2D eigenvalue weighted by atomic mass is 16.5. The summed E-state index contributed by atoms with van der Waals surface area (Å²) < 4.78 is 10.8. The molecule has 2 amide bonds. The van der Waals surface area contributed by atoms with Gasteiger partial charge in [-0.1, -0.05) is 24.3 Å². The molecule has 0 bridgehead atoms. The maximum absolute atomic E-state index is 12.8. The van der Waals surface area contributed by atoms with Crippen molar-refractivity contribution < 1.29 is 19.1 Å². The molecule has 0 aliphatic carbocycles. The van der Waals surface area contributed by atoms with Gasteiger partial charge in [0.05, 0.1) is 12.7 Å². The minimum absolute atomic E-state index is 0.0362. The first kappa shape index (κ1) is 18.5. The van der Waals surface area contributed by atoms with Gasteiger partial charge in [0, 0.05) is 23.9 Å². The van der Waals surface area contributed by atoms with Crippen molar-refractivity contribution >= 4 is 23.6 Å². The number of fused-ring (bicyclic) bond motifs is 1. The molecular weight excluding hydrogens is 344 g/mol. The highest BCUT2D eigenvalue weighted by molar-refractivity contribution is 6.02. The molecule has 0 saturated carbocycles. The molecule has 1 aliphatic heterocycles. The van der Waals surface area contributed by atoms with Crippen molar-refractivity contribution in [3.63, 3.8) is 0 Å². The van der Waals surface area contributed by atoms with Crippen LogP contribution in [0.3, 0.4) is 0 Å². The lowest BCUT2D eigenvalue weighted by atomic mass is 10.1. The van der Waals surface area contributed by atoms with Gasteiger partial charge in [0.15, 0.2) is 0 Å². The quantitative estimate of drug-likeness (QED) is 0.853. The van der Waals surface area contributed by atoms with Gasteiger partial charge in [0.25, 0.3) is 5.91 Å². The van der Waals surface area contributed by atoms with Gasteiger partial charge in [0.2, 0.25) is 5.91 Å². The molecule has 0 unspecified atom stereocenters. The fourth-order valence-corrected chi connectivity index (χ4v) is 2.84. The molecule has 1 heterocycles. The summed E-state index contributed by atoms with van der Waals surface area (Å²) in [7, 11) is 1.57. The van der Waals surface area contributed by atoms with Gasteiger partial charge in [-0.2, -0.15) is 0 Å². The molecule has 2 aromatic rings. The topological polar surface area (TPSA) is 67.9 Å². The van der Waals surface area contributed by atoms with Gasteiger partial charge < -0.3 is 19.7 Å². The fraction of sp³-hybridized carbons (Fsp3) is 0.238. The number of hydrogen-bond acceptors (Lipinski definition) is 4. The Morgan fingerprint density at radius 2 is 2.00 bits per heavy atom. The highest BCUT2D eigenvalue weighted by Crippen LogP contribution is 2.26. The second-order valence-corrected chi connectivity index (χ2v) is 6.10. The number of amides is 2. The lowest BCUT2D eigenvalue weighted by Crippen LogP contribution is -2.39. The van der Waals surface area contributed by atoms with Crippen LogP contribution in [-0.2, 0) is 9.59 Å². The lowest BCUT2D eigenvalue weighted by Gasteiger charge is -2.24. The molecule has 1 aliphatic rings. The van der Waals surface area contributed by atoms with E-state index in [1.807, 2.05) is 37.3 Å². The molecule has 6 nitrogen and oxygen atoms in total. The van der Waals surface area contributed by atoms with Crippen molar-refractivity contribution in [3.05, 3.63) is 59.7 Å². The largest absolute Gasteiger partial charge is 0.497 e. The third-order valence-electron chi connectivity index (χ3n) is 4.26. The van der Waals surface area contributed by atoms with Crippen LogP contribution < -0.4 is 14.8 Å². The molecule has 6 heteroatoms. The first-order valence-electron chi connectivity index (χ1n) is 8.76. The number of rotatable bonds is 6. The summed E-state index contributed by atoms with van der Waals surface area (Å²) >= 11 is 0. The summed E-state index contributed by atoms with van der Waals surface area (Å²) in [4.78, 5) is 26.7. The molecular formula is C21H22N2O4. The Balaban J connectivity index is 1.67. The predicted molar refractivity (Wildman–Crippen MR) is 104 cm³/mol. The van der Waals surface area contributed by atoms with Crippen LogP contribution in [0.2, 0.25) is 0 Å². The minimum Gasteiger partial charge on any atom is -0.497 e. The zero-order valence-electron chi connectivity index (χ0n) is 15.4. The molecule has 1 N–H and O–H groups in total. The molecule has 0 fully saturated rings. The van der Waals surface area contributed by atoms with Crippen LogP contribution in [-0.4, -0.2) is 43.5 Å². The monoisotopic (exact) mass is 366 g/mol. The number of para-hydroxylation sites is 1. The SMILES string of the molecule is CCN(CC(=O)Nc1cccc(OC)c1)C(=O)C1=Cc2ccccc2OC1. The molecule has 140 valence electrons. The normalized spacial score (nSPS) is 12.3. The molecule has 3 rings (SSSR count). The first-order chi connectivity index (χ1) is 13.1. The predicted octanol–water partition coefficient (Wildman–Crippen LogP) is 2.96. The Labute approximate surface area is 158 Å². The third kappa shape index (κ3) is 4.47. The fourth-order valence-electron chi connectivity index (χ4n) is 2.84. The number of benzene rings is 2. The van der Waals surface area contributed by atoms with Crippen LogP contribution in [0.25, 0.3) is 6.08 Å². The number of anilines is 1. The third-order valence-corrected chi connectivity index (χ3v) is 4.26.